The SMILES string of the molecule is CCOC(=O)c1c(F)c(F)c(Oc2c(F)c(F)c(F)c3c4nc5nc(nc6[nH]c(nc7nc(nc([nH]4)c23)-c2c-7ccc(F)c2F)c2ccccc62)-c2ccccc2-5)c(F)c1F. The number of aromatic nitrogens is 8. The summed E-state index contributed by atoms with van der Waals surface area (Å²) in [5.41, 5.74) is -2.96. The van der Waals surface area contributed by atoms with Gasteiger partial charge in [0.05, 0.1) is 22.9 Å². The molecule has 0 amide bonds. The van der Waals surface area contributed by atoms with E-state index in [1.807, 2.05) is 0 Å². The molecule has 0 unspecified atom stereocenters. The molecule has 2 aliphatic rings. The third kappa shape index (κ3) is 5.51. The van der Waals surface area contributed by atoms with Crippen LogP contribution in [0.2, 0.25) is 0 Å². The fourth-order valence-corrected chi connectivity index (χ4v) is 7.12. The van der Waals surface area contributed by atoms with Gasteiger partial charge in [0, 0.05) is 27.5 Å². The van der Waals surface area contributed by atoms with Crippen molar-refractivity contribution in [2.24, 2.45) is 0 Å². The molecule has 11 nitrogen and oxygen atoms in total. The van der Waals surface area contributed by atoms with Gasteiger partial charge < -0.3 is 19.4 Å². The highest BCUT2D eigenvalue weighted by Crippen LogP contribution is 2.44. The lowest BCUT2D eigenvalue weighted by Gasteiger charge is -2.14. The maximum atomic E-state index is 16.2. The van der Waals surface area contributed by atoms with Gasteiger partial charge in [-0.25, -0.2) is 61.0 Å². The summed E-state index contributed by atoms with van der Waals surface area (Å²) in [6.07, 6.45) is 0. The van der Waals surface area contributed by atoms with Gasteiger partial charge in [0.1, 0.15) is 28.2 Å². The second-order valence-electron chi connectivity index (χ2n) is 13.3. The van der Waals surface area contributed by atoms with Gasteiger partial charge in [0.15, 0.2) is 64.0 Å². The van der Waals surface area contributed by atoms with E-state index in [4.69, 9.17) is 9.72 Å². The van der Waals surface area contributed by atoms with E-state index in [0.29, 0.717) is 21.9 Å². The largest absolute Gasteiger partial charge is 0.462 e. The van der Waals surface area contributed by atoms with Crippen molar-refractivity contribution < 1.29 is 53.8 Å². The van der Waals surface area contributed by atoms with Gasteiger partial charge in [-0.3, -0.25) is 0 Å². The molecule has 10 rings (SSSR count). The van der Waals surface area contributed by atoms with Gasteiger partial charge in [-0.1, -0.05) is 48.5 Å². The molecule has 5 heterocycles. The normalized spacial score (nSPS) is 11.9. The number of nitrogens with one attached hydrogen (secondary N) is 2. The Labute approximate surface area is 332 Å². The summed E-state index contributed by atoms with van der Waals surface area (Å²) in [6.45, 7) is 0.780. The zero-order chi connectivity index (χ0) is 42.6. The van der Waals surface area contributed by atoms with Crippen molar-refractivity contribution in [1.82, 2.24) is 39.9 Å². The first-order valence-electron chi connectivity index (χ1n) is 17.8. The van der Waals surface area contributed by atoms with Crippen LogP contribution in [0.5, 0.6) is 11.5 Å². The highest BCUT2D eigenvalue weighted by molar-refractivity contribution is 6.09. The van der Waals surface area contributed by atoms with Crippen molar-refractivity contribution in [3.63, 3.8) is 0 Å². The van der Waals surface area contributed by atoms with Crippen molar-refractivity contribution in [2.75, 3.05) is 6.61 Å². The average Bonchev–Trinajstić information content (AvgIpc) is 3.99. The van der Waals surface area contributed by atoms with Crippen LogP contribution in [0, 0.1) is 52.4 Å². The van der Waals surface area contributed by atoms with Crippen molar-refractivity contribution in [3.05, 3.63) is 119 Å². The van der Waals surface area contributed by atoms with E-state index in [9.17, 15) is 9.18 Å². The predicted molar refractivity (Wildman–Crippen MR) is 198 cm³/mol. The molecular weight excluding hydrogens is 823 g/mol. The monoisotopic (exact) mass is 840 g/mol. The van der Waals surface area contributed by atoms with Crippen LogP contribution in [-0.2, 0) is 4.74 Å². The quantitative estimate of drug-likeness (QED) is 0.0766. The first kappa shape index (κ1) is 37.4. The Hall–Kier alpha value is -7.90. The lowest BCUT2D eigenvalue weighted by atomic mass is 10.1. The Morgan fingerprint density at radius 3 is 1.64 bits per heavy atom. The summed E-state index contributed by atoms with van der Waals surface area (Å²) in [5, 5.41) is -0.982. The number of halogens is 9. The molecule has 0 fully saturated rings. The smallest absolute Gasteiger partial charge is 0.344 e. The van der Waals surface area contributed by atoms with Crippen molar-refractivity contribution >= 4 is 50.1 Å². The number of aromatic amines is 2. The number of carbonyl (C=O) groups is 1. The van der Waals surface area contributed by atoms with Gasteiger partial charge in [-0.05, 0) is 19.1 Å². The fourth-order valence-electron chi connectivity index (χ4n) is 7.12. The van der Waals surface area contributed by atoms with E-state index in [-0.39, 0.29) is 34.3 Å². The highest BCUT2D eigenvalue weighted by Gasteiger charge is 2.35. The highest BCUT2D eigenvalue weighted by atomic mass is 19.2. The van der Waals surface area contributed by atoms with Crippen LogP contribution in [-0.4, -0.2) is 52.4 Å². The summed E-state index contributed by atoms with van der Waals surface area (Å²) >= 11 is 0. The van der Waals surface area contributed by atoms with Gasteiger partial charge in [-0.2, -0.15) is 13.2 Å². The molecule has 0 aliphatic carbocycles. The zero-order valence-electron chi connectivity index (χ0n) is 30.3. The summed E-state index contributed by atoms with van der Waals surface area (Å²) in [6, 6.07) is 15.3. The van der Waals surface area contributed by atoms with Gasteiger partial charge in [0.2, 0.25) is 23.2 Å². The Morgan fingerprint density at radius 2 is 1.02 bits per heavy atom. The minimum Gasteiger partial charge on any atom is -0.462 e. The molecule has 8 bridgehead atoms. The lowest BCUT2D eigenvalue weighted by molar-refractivity contribution is 0.0512. The number of esters is 1. The third-order valence-corrected chi connectivity index (χ3v) is 9.84. The molecular formula is C41H17F9N8O3. The third-order valence-electron chi connectivity index (χ3n) is 9.84. The van der Waals surface area contributed by atoms with E-state index < -0.39 is 115 Å². The van der Waals surface area contributed by atoms with Crippen molar-refractivity contribution in [1.29, 1.82) is 0 Å². The summed E-state index contributed by atoms with van der Waals surface area (Å²) < 4.78 is 150. The summed E-state index contributed by atoms with van der Waals surface area (Å²) in [7, 11) is 0. The Bertz CT molecular complexity index is 3440. The van der Waals surface area contributed by atoms with Crippen LogP contribution >= 0.6 is 0 Å². The molecule has 0 atom stereocenters. The summed E-state index contributed by atoms with van der Waals surface area (Å²) in [5.74, 6) is -25.5. The molecule has 3 aromatic heterocycles. The van der Waals surface area contributed by atoms with Crippen LogP contribution in [0.25, 0.3) is 89.7 Å². The molecule has 61 heavy (non-hydrogen) atoms. The molecule has 2 N–H and O–H groups in total. The fraction of sp³-hybridized carbons (Fsp3) is 0.0488. The molecule has 8 aromatic rings. The Morgan fingerprint density at radius 1 is 0.508 bits per heavy atom. The molecule has 20 heteroatoms. The second kappa shape index (κ2) is 13.6. The van der Waals surface area contributed by atoms with Crippen molar-refractivity contribution in [3.8, 4) is 57.1 Å². The van der Waals surface area contributed by atoms with Crippen LogP contribution in [0.1, 0.15) is 17.3 Å². The molecule has 5 aromatic carbocycles. The number of hydrogen-bond acceptors (Lipinski definition) is 9. The minimum atomic E-state index is -2.40. The van der Waals surface area contributed by atoms with Crippen LogP contribution in [0.3, 0.4) is 0 Å². The Kier molecular flexibility index (Phi) is 8.32. The number of hydrogen-bond donors (Lipinski definition) is 2. The summed E-state index contributed by atoms with van der Waals surface area (Å²) in [4.78, 5) is 44.6. The van der Waals surface area contributed by atoms with Gasteiger partial charge in [0.25, 0.3) is 0 Å². The first-order chi connectivity index (χ1) is 29.4. The average molecular weight is 841 g/mol. The van der Waals surface area contributed by atoms with E-state index in [0.717, 1.165) is 12.1 Å². The molecule has 0 saturated carbocycles. The van der Waals surface area contributed by atoms with E-state index in [1.165, 1.54) is 6.92 Å². The Balaban J connectivity index is 1.37. The number of rotatable bonds is 4. The first-order valence-corrected chi connectivity index (χ1v) is 17.8. The number of carbonyl (C=O) groups excluding carboxylic acids is 1. The molecule has 0 spiro atoms. The van der Waals surface area contributed by atoms with Gasteiger partial charge in [-0.15, -0.1) is 0 Å². The van der Waals surface area contributed by atoms with E-state index in [2.05, 4.69) is 39.6 Å². The van der Waals surface area contributed by atoms with Crippen molar-refractivity contribution in [2.45, 2.75) is 6.92 Å². The maximum Gasteiger partial charge on any atom is 0.344 e. The lowest BCUT2D eigenvalue weighted by Crippen LogP contribution is -2.14. The number of H-pyrrole nitrogens is 2. The maximum absolute atomic E-state index is 16.2. The van der Waals surface area contributed by atoms with Gasteiger partial charge >= 0.3 is 5.97 Å². The molecule has 302 valence electrons. The number of nitrogens with zero attached hydrogens (tertiary/aromatic N) is 6. The number of ether oxygens (including phenoxy) is 2. The van der Waals surface area contributed by atoms with Crippen LogP contribution in [0.4, 0.5) is 39.5 Å². The zero-order valence-corrected chi connectivity index (χ0v) is 30.3. The number of benzene rings is 5. The molecule has 2 aliphatic heterocycles. The van der Waals surface area contributed by atoms with E-state index >= 15 is 35.1 Å². The standard InChI is InChI=1S/C41H17F9N8O3/c1-2-60-41(59)22-25(45)28(48)32(29(49)26(22)46)61-31-21-20(24(44)27(47)30(31)50)39-55-36-16-10-6-5-9-15(16)34(53-36)51-33-13-7-3-4-8-14(13)35(52-33)54-37-17-11-12-18(42)23(43)19(17)38(56-37)57-40(21)58-39/h3-12H,2H2,1H3,(H2,51,52,53,54,55,56,57,58). The molecule has 0 radical (unpaired) electrons. The van der Waals surface area contributed by atoms with Crippen LogP contribution in [0.15, 0.2) is 60.7 Å². The van der Waals surface area contributed by atoms with Crippen LogP contribution < -0.4 is 4.74 Å². The number of fused-ring (bicyclic) bond motifs is 20. The molecule has 0 saturated heterocycles. The predicted octanol–water partition coefficient (Wildman–Crippen LogP) is 10.1. The van der Waals surface area contributed by atoms with E-state index in [1.54, 1.807) is 48.5 Å². The second-order valence-corrected chi connectivity index (χ2v) is 13.3. The minimum absolute atomic E-state index is 0.0699. The topological polar surface area (TPSA) is 144 Å².